The third kappa shape index (κ3) is 4.51. The van der Waals surface area contributed by atoms with E-state index in [1.54, 1.807) is 0 Å². The molecule has 0 radical (unpaired) electrons. The SMILES string of the molecule is NC(=O)CC(NC(=O)Cc1c(F)cccc1Cl)C(=O)O. The second-order valence-corrected chi connectivity index (χ2v) is 4.41. The van der Waals surface area contributed by atoms with Gasteiger partial charge in [-0.05, 0) is 12.1 Å². The van der Waals surface area contributed by atoms with Gasteiger partial charge in [0.15, 0.2) is 0 Å². The Hall–Kier alpha value is -2.15. The summed E-state index contributed by atoms with van der Waals surface area (Å²) in [7, 11) is 0. The summed E-state index contributed by atoms with van der Waals surface area (Å²) in [5.74, 6) is -3.72. The molecule has 0 saturated carbocycles. The third-order valence-electron chi connectivity index (χ3n) is 2.44. The van der Waals surface area contributed by atoms with E-state index in [0.29, 0.717) is 0 Å². The summed E-state index contributed by atoms with van der Waals surface area (Å²) in [5.41, 5.74) is 4.83. The van der Waals surface area contributed by atoms with Crippen LogP contribution in [0.3, 0.4) is 0 Å². The Labute approximate surface area is 118 Å². The van der Waals surface area contributed by atoms with Crippen molar-refractivity contribution in [3.05, 3.63) is 34.6 Å². The summed E-state index contributed by atoms with van der Waals surface area (Å²) in [5, 5.41) is 11.0. The molecule has 0 heterocycles. The number of nitrogens with one attached hydrogen (secondary N) is 1. The van der Waals surface area contributed by atoms with Crippen molar-refractivity contribution in [1.82, 2.24) is 5.32 Å². The minimum absolute atomic E-state index is 0.0464. The maximum Gasteiger partial charge on any atom is 0.326 e. The van der Waals surface area contributed by atoms with Gasteiger partial charge in [-0.15, -0.1) is 0 Å². The standard InChI is InChI=1S/C12H12ClFN2O4/c13-7-2-1-3-8(14)6(7)4-11(18)16-9(12(19)20)5-10(15)17/h1-3,9H,4-5H2,(H2,15,17)(H,16,18)(H,19,20). The molecule has 0 aliphatic rings. The fourth-order valence-corrected chi connectivity index (χ4v) is 1.74. The molecule has 2 amide bonds. The topological polar surface area (TPSA) is 109 Å². The fraction of sp³-hybridized carbons (Fsp3) is 0.250. The van der Waals surface area contributed by atoms with E-state index in [4.69, 9.17) is 22.4 Å². The number of primary amides is 1. The van der Waals surface area contributed by atoms with Crippen LogP contribution in [0.1, 0.15) is 12.0 Å². The van der Waals surface area contributed by atoms with Crippen molar-refractivity contribution in [2.24, 2.45) is 5.73 Å². The van der Waals surface area contributed by atoms with Gasteiger partial charge >= 0.3 is 5.97 Å². The highest BCUT2D eigenvalue weighted by Crippen LogP contribution is 2.19. The Morgan fingerprint density at radius 2 is 2.05 bits per heavy atom. The van der Waals surface area contributed by atoms with Crippen LogP contribution in [-0.2, 0) is 20.8 Å². The molecule has 0 aromatic heterocycles. The molecular formula is C12H12ClFN2O4. The average Bonchev–Trinajstić information content (AvgIpc) is 2.32. The van der Waals surface area contributed by atoms with Crippen molar-refractivity contribution in [2.45, 2.75) is 18.9 Å². The van der Waals surface area contributed by atoms with E-state index in [9.17, 15) is 18.8 Å². The number of nitrogens with two attached hydrogens (primary N) is 1. The number of carboxylic acid groups (broad SMARTS) is 1. The lowest BCUT2D eigenvalue weighted by atomic mass is 10.1. The van der Waals surface area contributed by atoms with E-state index < -0.39 is 42.5 Å². The van der Waals surface area contributed by atoms with Crippen molar-refractivity contribution in [2.75, 3.05) is 0 Å². The molecule has 0 aliphatic carbocycles. The second kappa shape index (κ2) is 6.85. The monoisotopic (exact) mass is 302 g/mol. The molecule has 1 aromatic rings. The van der Waals surface area contributed by atoms with Gasteiger partial charge in [0.25, 0.3) is 0 Å². The first-order valence-corrected chi connectivity index (χ1v) is 5.92. The molecule has 0 spiro atoms. The Morgan fingerprint density at radius 3 is 2.55 bits per heavy atom. The molecular weight excluding hydrogens is 291 g/mol. The quantitative estimate of drug-likeness (QED) is 0.709. The summed E-state index contributed by atoms with van der Waals surface area (Å²) in [6, 6.07) is 2.47. The third-order valence-corrected chi connectivity index (χ3v) is 2.79. The van der Waals surface area contributed by atoms with E-state index in [2.05, 4.69) is 5.32 Å². The molecule has 20 heavy (non-hydrogen) atoms. The summed E-state index contributed by atoms with van der Waals surface area (Å²) in [6.07, 6.45) is -0.986. The molecule has 4 N–H and O–H groups in total. The first kappa shape index (κ1) is 15.9. The molecule has 0 saturated heterocycles. The molecule has 6 nitrogen and oxygen atoms in total. The van der Waals surface area contributed by atoms with Crippen molar-refractivity contribution in [1.29, 1.82) is 0 Å². The number of rotatable bonds is 6. The number of hydrogen-bond donors (Lipinski definition) is 3. The number of amides is 2. The molecule has 1 unspecified atom stereocenters. The zero-order chi connectivity index (χ0) is 15.3. The van der Waals surface area contributed by atoms with E-state index >= 15 is 0 Å². The number of aliphatic carboxylic acids is 1. The number of benzene rings is 1. The van der Waals surface area contributed by atoms with Crippen LogP contribution < -0.4 is 11.1 Å². The van der Waals surface area contributed by atoms with Crippen molar-refractivity contribution in [3.8, 4) is 0 Å². The lowest BCUT2D eigenvalue weighted by molar-refractivity contribution is -0.143. The highest BCUT2D eigenvalue weighted by atomic mass is 35.5. The zero-order valence-electron chi connectivity index (χ0n) is 10.2. The molecule has 0 fully saturated rings. The van der Waals surface area contributed by atoms with Crippen LogP contribution in [0.4, 0.5) is 4.39 Å². The van der Waals surface area contributed by atoms with Gasteiger partial charge in [0.2, 0.25) is 11.8 Å². The number of carboxylic acids is 1. The van der Waals surface area contributed by atoms with Gasteiger partial charge in [0, 0.05) is 10.6 Å². The number of carbonyl (C=O) groups is 3. The van der Waals surface area contributed by atoms with Crippen LogP contribution in [-0.4, -0.2) is 28.9 Å². The van der Waals surface area contributed by atoms with E-state index in [1.807, 2.05) is 0 Å². The summed E-state index contributed by atoms with van der Waals surface area (Å²) >= 11 is 5.75. The Kier molecular flexibility index (Phi) is 5.45. The van der Waals surface area contributed by atoms with Crippen molar-refractivity contribution >= 4 is 29.4 Å². The van der Waals surface area contributed by atoms with Gasteiger partial charge < -0.3 is 16.2 Å². The Bertz CT molecular complexity index is 530. The van der Waals surface area contributed by atoms with Gasteiger partial charge in [0.1, 0.15) is 11.9 Å². The van der Waals surface area contributed by atoms with Crippen molar-refractivity contribution < 1.29 is 23.9 Å². The fourth-order valence-electron chi connectivity index (χ4n) is 1.51. The summed E-state index contributed by atoms with van der Waals surface area (Å²) < 4.78 is 13.5. The highest BCUT2D eigenvalue weighted by Gasteiger charge is 2.23. The van der Waals surface area contributed by atoms with Crippen LogP contribution >= 0.6 is 11.6 Å². The lowest BCUT2D eigenvalue weighted by Gasteiger charge is -2.13. The first-order valence-electron chi connectivity index (χ1n) is 5.54. The van der Waals surface area contributed by atoms with Gasteiger partial charge in [-0.2, -0.15) is 0 Å². The van der Waals surface area contributed by atoms with Crippen LogP contribution in [0.15, 0.2) is 18.2 Å². The summed E-state index contributed by atoms with van der Waals surface area (Å²) in [4.78, 5) is 33.2. The van der Waals surface area contributed by atoms with Crippen LogP contribution in [0, 0.1) is 5.82 Å². The maximum atomic E-state index is 13.5. The largest absolute Gasteiger partial charge is 0.480 e. The molecule has 8 heteroatoms. The van der Waals surface area contributed by atoms with E-state index in [1.165, 1.54) is 12.1 Å². The minimum atomic E-state index is -1.45. The molecule has 1 aromatic carbocycles. The van der Waals surface area contributed by atoms with Crippen molar-refractivity contribution in [3.63, 3.8) is 0 Å². The minimum Gasteiger partial charge on any atom is -0.480 e. The molecule has 1 rings (SSSR count). The predicted molar refractivity (Wildman–Crippen MR) is 68.5 cm³/mol. The predicted octanol–water partition coefficient (Wildman–Crippen LogP) is 0.466. The van der Waals surface area contributed by atoms with Gasteiger partial charge in [0.05, 0.1) is 12.8 Å². The summed E-state index contributed by atoms with van der Waals surface area (Å²) in [6.45, 7) is 0. The average molecular weight is 303 g/mol. The lowest BCUT2D eigenvalue weighted by Crippen LogP contribution is -2.44. The molecule has 0 bridgehead atoms. The van der Waals surface area contributed by atoms with Gasteiger partial charge in [-0.25, -0.2) is 9.18 Å². The van der Waals surface area contributed by atoms with E-state index in [-0.39, 0.29) is 10.6 Å². The van der Waals surface area contributed by atoms with Crippen LogP contribution in [0.2, 0.25) is 5.02 Å². The van der Waals surface area contributed by atoms with Gasteiger partial charge in [-0.1, -0.05) is 17.7 Å². The number of halogens is 2. The van der Waals surface area contributed by atoms with Crippen LogP contribution in [0.25, 0.3) is 0 Å². The number of carbonyl (C=O) groups excluding carboxylic acids is 2. The highest BCUT2D eigenvalue weighted by molar-refractivity contribution is 6.31. The molecule has 1 atom stereocenters. The molecule has 108 valence electrons. The normalized spacial score (nSPS) is 11.7. The maximum absolute atomic E-state index is 13.5. The second-order valence-electron chi connectivity index (χ2n) is 4.01. The zero-order valence-corrected chi connectivity index (χ0v) is 11.0. The molecule has 0 aliphatic heterocycles. The smallest absolute Gasteiger partial charge is 0.326 e. The van der Waals surface area contributed by atoms with Gasteiger partial charge in [-0.3, -0.25) is 9.59 Å². The van der Waals surface area contributed by atoms with Crippen LogP contribution in [0.5, 0.6) is 0 Å². The Morgan fingerprint density at radius 1 is 1.40 bits per heavy atom. The first-order chi connectivity index (χ1) is 9.31. The van der Waals surface area contributed by atoms with E-state index in [0.717, 1.165) is 6.07 Å². The number of hydrogen-bond acceptors (Lipinski definition) is 3. The Balaban J connectivity index is 2.76.